The molecule has 1 aromatic rings. The van der Waals surface area contributed by atoms with Crippen molar-refractivity contribution in [2.24, 2.45) is 0 Å². The highest BCUT2D eigenvalue weighted by Gasteiger charge is 2.17. The number of rotatable bonds is 7. The zero-order chi connectivity index (χ0) is 15.1. The zero-order valence-corrected chi connectivity index (χ0v) is 11.9. The van der Waals surface area contributed by atoms with Gasteiger partial charge < -0.3 is 15.0 Å². The van der Waals surface area contributed by atoms with E-state index in [9.17, 15) is 14.9 Å². The number of nitrogens with one attached hydrogen (secondary N) is 1. The van der Waals surface area contributed by atoms with Gasteiger partial charge in [-0.3, -0.25) is 14.9 Å². The van der Waals surface area contributed by atoms with Crippen LogP contribution in [-0.4, -0.2) is 43.0 Å². The average Bonchev–Trinajstić information content (AvgIpc) is 2.44. The second kappa shape index (κ2) is 7.44. The van der Waals surface area contributed by atoms with Crippen molar-refractivity contribution in [1.82, 2.24) is 10.2 Å². The summed E-state index contributed by atoms with van der Waals surface area (Å²) in [5.74, 6) is -0.110. The third-order valence-corrected chi connectivity index (χ3v) is 2.85. The Morgan fingerprint density at radius 1 is 1.50 bits per heavy atom. The van der Waals surface area contributed by atoms with E-state index in [-0.39, 0.29) is 24.0 Å². The standard InChI is InChI=1S/C13H19N3O4/c1-4-15(3)13(17)9-20-12-7-10(8-14-2)5-6-11(12)16(18)19/h5-7,14H,4,8-9H2,1-3H3. The van der Waals surface area contributed by atoms with E-state index in [4.69, 9.17) is 4.74 Å². The van der Waals surface area contributed by atoms with Crippen LogP contribution in [0.5, 0.6) is 5.75 Å². The highest BCUT2D eigenvalue weighted by atomic mass is 16.6. The minimum absolute atomic E-state index is 0.112. The van der Waals surface area contributed by atoms with Crippen molar-refractivity contribution < 1.29 is 14.5 Å². The molecule has 0 radical (unpaired) electrons. The van der Waals surface area contributed by atoms with Crippen LogP contribution in [0.15, 0.2) is 18.2 Å². The van der Waals surface area contributed by atoms with Crippen molar-refractivity contribution >= 4 is 11.6 Å². The summed E-state index contributed by atoms with van der Waals surface area (Å²) in [4.78, 5) is 23.6. The predicted molar refractivity (Wildman–Crippen MR) is 74.7 cm³/mol. The smallest absolute Gasteiger partial charge is 0.310 e. The average molecular weight is 281 g/mol. The lowest BCUT2D eigenvalue weighted by molar-refractivity contribution is -0.385. The van der Waals surface area contributed by atoms with Crippen molar-refractivity contribution in [3.8, 4) is 5.75 Å². The van der Waals surface area contributed by atoms with Gasteiger partial charge in [-0.15, -0.1) is 0 Å². The molecule has 0 saturated heterocycles. The molecule has 0 spiro atoms. The van der Waals surface area contributed by atoms with Crippen molar-refractivity contribution in [1.29, 1.82) is 0 Å². The van der Waals surface area contributed by atoms with Crippen LogP contribution in [0, 0.1) is 10.1 Å². The summed E-state index contributed by atoms with van der Waals surface area (Å²) < 4.78 is 5.31. The zero-order valence-electron chi connectivity index (χ0n) is 11.9. The predicted octanol–water partition coefficient (Wildman–Crippen LogP) is 1.17. The van der Waals surface area contributed by atoms with Gasteiger partial charge in [-0.05, 0) is 25.6 Å². The summed E-state index contributed by atoms with van der Waals surface area (Å²) in [6, 6.07) is 4.62. The molecule has 7 nitrogen and oxygen atoms in total. The summed E-state index contributed by atoms with van der Waals surface area (Å²) in [6.07, 6.45) is 0. The molecule has 0 fully saturated rings. The summed E-state index contributed by atoms with van der Waals surface area (Å²) >= 11 is 0. The first kappa shape index (κ1) is 15.9. The van der Waals surface area contributed by atoms with Crippen LogP contribution >= 0.6 is 0 Å². The molecule has 0 atom stereocenters. The van der Waals surface area contributed by atoms with E-state index in [1.165, 1.54) is 11.0 Å². The van der Waals surface area contributed by atoms with E-state index in [0.717, 1.165) is 5.56 Å². The molecule has 20 heavy (non-hydrogen) atoms. The van der Waals surface area contributed by atoms with E-state index >= 15 is 0 Å². The van der Waals surface area contributed by atoms with Crippen LogP contribution in [-0.2, 0) is 11.3 Å². The molecule has 0 bridgehead atoms. The summed E-state index contributed by atoms with van der Waals surface area (Å²) in [5.41, 5.74) is 0.709. The van der Waals surface area contributed by atoms with Crippen molar-refractivity contribution in [2.75, 3.05) is 27.2 Å². The number of nitro benzene ring substituents is 1. The highest BCUT2D eigenvalue weighted by molar-refractivity contribution is 5.77. The van der Waals surface area contributed by atoms with Gasteiger partial charge in [0.05, 0.1) is 4.92 Å². The fourth-order valence-electron chi connectivity index (χ4n) is 1.57. The van der Waals surface area contributed by atoms with Crippen LogP contribution in [0.1, 0.15) is 12.5 Å². The normalized spacial score (nSPS) is 10.2. The molecule has 110 valence electrons. The lowest BCUT2D eigenvalue weighted by atomic mass is 10.2. The maximum Gasteiger partial charge on any atom is 0.310 e. The fourth-order valence-corrected chi connectivity index (χ4v) is 1.57. The molecular formula is C13H19N3O4. The summed E-state index contributed by atoms with van der Waals surface area (Å²) in [5, 5.41) is 13.9. The van der Waals surface area contributed by atoms with E-state index in [1.54, 1.807) is 26.2 Å². The third-order valence-electron chi connectivity index (χ3n) is 2.85. The van der Waals surface area contributed by atoms with Crippen molar-refractivity contribution in [3.63, 3.8) is 0 Å². The SMILES string of the molecule is CCN(C)C(=O)COc1cc(CNC)ccc1[N+](=O)[O-]. The lowest BCUT2D eigenvalue weighted by Crippen LogP contribution is -2.31. The Bertz CT molecular complexity index is 491. The maximum atomic E-state index is 11.7. The van der Waals surface area contributed by atoms with E-state index in [0.29, 0.717) is 13.1 Å². The molecule has 1 rings (SSSR count). The van der Waals surface area contributed by atoms with Gasteiger partial charge in [0.2, 0.25) is 0 Å². The first-order valence-corrected chi connectivity index (χ1v) is 6.28. The van der Waals surface area contributed by atoms with E-state index in [1.807, 2.05) is 6.92 Å². The number of hydrogen-bond acceptors (Lipinski definition) is 5. The van der Waals surface area contributed by atoms with Crippen LogP contribution < -0.4 is 10.1 Å². The number of benzene rings is 1. The number of nitrogens with zero attached hydrogens (tertiary/aromatic N) is 2. The van der Waals surface area contributed by atoms with Crippen molar-refractivity contribution in [2.45, 2.75) is 13.5 Å². The monoisotopic (exact) mass is 281 g/mol. The highest BCUT2D eigenvalue weighted by Crippen LogP contribution is 2.28. The molecule has 1 N–H and O–H groups in total. The molecule has 0 aliphatic heterocycles. The number of carbonyl (C=O) groups is 1. The summed E-state index contributed by atoms with van der Waals surface area (Å²) in [7, 11) is 3.43. The molecular weight excluding hydrogens is 262 g/mol. The Morgan fingerprint density at radius 3 is 2.75 bits per heavy atom. The largest absolute Gasteiger partial charge is 0.477 e. The Kier molecular flexibility index (Phi) is 5.92. The van der Waals surface area contributed by atoms with Gasteiger partial charge >= 0.3 is 5.69 Å². The minimum Gasteiger partial charge on any atom is -0.477 e. The number of amides is 1. The van der Waals surface area contributed by atoms with Crippen molar-refractivity contribution in [3.05, 3.63) is 33.9 Å². The Balaban J connectivity index is 2.87. The molecule has 0 aliphatic rings. The van der Waals surface area contributed by atoms with Gasteiger partial charge in [0.1, 0.15) is 0 Å². The minimum atomic E-state index is -0.521. The molecule has 1 amide bonds. The Hall–Kier alpha value is -2.15. The second-order valence-corrected chi connectivity index (χ2v) is 4.29. The number of ether oxygens (including phenoxy) is 1. The Labute approximate surface area is 117 Å². The fraction of sp³-hybridized carbons (Fsp3) is 0.462. The molecule has 7 heteroatoms. The van der Waals surface area contributed by atoms with Gasteiger partial charge in [0.25, 0.3) is 5.91 Å². The lowest BCUT2D eigenvalue weighted by Gasteiger charge is -2.15. The maximum absolute atomic E-state index is 11.7. The summed E-state index contributed by atoms with van der Waals surface area (Å²) in [6.45, 7) is 2.75. The number of carbonyl (C=O) groups excluding carboxylic acids is 1. The number of likely N-dealkylation sites (N-methyl/N-ethyl adjacent to an activating group) is 1. The van der Waals surface area contributed by atoms with Crippen LogP contribution in [0.2, 0.25) is 0 Å². The first-order valence-electron chi connectivity index (χ1n) is 6.28. The first-order chi connectivity index (χ1) is 9.49. The molecule has 0 unspecified atom stereocenters. The van der Waals surface area contributed by atoms with Gasteiger partial charge in [-0.2, -0.15) is 0 Å². The van der Waals surface area contributed by atoms with Crippen LogP contribution in [0.4, 0.5) is 5.69 Å². The molecule has 0 saturated carbocycles. The van der Waals surface area contributed by atoms with E-state index in [2.05, 4.69) is 5.32 Å². The van der Waals surface area contributed by atoms with Gasteiger partial charge in [-0.25, -0.2) is 0 Å². The van der Waals surface area contributed by atoms with Crippen LogP contribution in [0.3, 0.4) is 0 Å². The topological polar surface area (TPSA) is 84.7 Å². The van der Waals surface area contributed by atoms with Gasteiger partial charge in [-0.1, -0.05) is 6.07 Å². The van der Waals surface area contributed by atoms with E-state index < -0.39 is 4.92 Å². The number of hydrogen-bond donors (Lipinski definition) is 1. The quantitative estimate of drug-likeness (QED) is 0.599. The van der Waals surface area contributed by atoms with Crippen LogP contribution in [0.25, 0.3) is 0 Å². The molecule has 0 aliphatic carbocycles. The second-order valence-electron chi connectivity index (χ2n) is 4.29. The molecule has 0 aromatic heterocycles. The third kappa shape index (κ3) is 4.20. The molecule has 1 aromatic carbocycles. The van der Waals surface area contributed by atoms with Gasteiger partial charge in [0.15, 0.2) is 12.4 Å². The molecule has 0 heterocycles. The van der Waals surface area contributed by atoms with Gasteiger partial charge in [0, 0.05) is 26.2 Å². The number of nitro groups is 1. The Morgan fingerprint density at radius 2 is 2.20 bits per heavy atom.